The molecular formula is C7H13O. The zero-order valence-electron chi connectivity index (χ0n) is 5.55. The molecule has 1 atom stereocenters. The summed E-state index contributed by atoms with van der Waals surface area (Å²) in [4.78, 5) is 0. The first kappa shape index (κ1) is 7.54. The molecule has 1 unspecified atom stereocenters. The van der Waals surface area contributed by atoms with Crippen LogP contribution in [0.4, 0.5) is 0 Å². The summed E-state index contributed by atoms with van der Waals surface area (Å²) in [7, 11) is 0. The van der Waals surface area contributed by atoms with Gasteiger partial charge in [-0.15, -0.1) is 0 Å². The minimum atomic E-state index is 0.117. The highest BCUT2D eigenvalue weighted by Gasteiger charge is 1.91. The summed E-state index contributed by atoms with van der Waals surface area (Å²) in [5.74, 6) is 0. The monoisotopic (exact) mass is 113 g/mol. The Kier molecular flexibility index (Phi) is 4.42. The molecule has 0 amide bonds. The van der Waals surface area contributed by atoms with E-state index in [4.69, 9.17) is 4.74 Å². The molecule has 0 aliphatic heterocycles. The van der Waals surface area contributed by atoms with Crippen LogP contribution in [0, 0.1) is 6.92 Å². The molecule has 1 radical (unpaired) electrons. The number of ether oxygens (including phenoxy) is 1. The SMILES string of the molecule is [CH2]C(CC)OC=CC. The first-order valence-corrected chi connectivity index (χ1v) is 2.91. The van der Waals surface area contributed by atoms with Crippen LogP contribution < -0.4 is 0 Å². The molecule has 0 aromatic rings. The van der Waals surface area contributed by atoms with Crippen molar-refractivity contribution in [2.24, 2.45) is 0 Å². The van der Waals surface area contributed by atoms with Crippen LogP contribution in [0.25, 0.3) is 0 Å². The van der Waals surface area contributed by atoms with Crippen LogP contribution in [0.1, 0.15) is 20.3 Å². The van der Waals surface area contributed by atoms with Crippen LogP contribution in [0.15, 0.2) is 12.3 Å². The van der Waals surface area contributed by atoms with Gasteiger partial charge in [0, 0.05) is 0 Å². The second kappa shape index (κ2) is 4.69. The fraction of sp³-hybridized carbons (Fsp3) is 0.571. The molecule has 0 fully saturated rings. The third kappa shape index (κ3) is 3.72. The normalized spacial score (nSPS) is 14.4. The summed E-state index contributed by atoms with van der Waals surface area (Å²) < 4.78 is 5.05. The lowest BCUT2D eigenvalue weighted by molar-refractivity contribution is 0.180. The van der Waals surface area contributed by atoms with E-state index in [0.29, 0.717) is 0 Å². The molecule has 47 valence electrons. The van der Waals surface area contributed by atoms with Gasteiger partial charge in [-0.1, -0.05) is 13.0 Å². The predicted molar refractivity (Wildman–Crippen MR) is 35.3 cm³/mol. The lowest BCUT2D eigenvalue weighted by Gasteiger charge is -2.05. The van der Waals surface area contributed by atoms with Crippen molar-refractivity contribution in [3.05, 3.63) is 19.3 Å². The maximum atomic E-state index is 5.05. The van der Waals surface area contributed by atoms with Crippen LogP contribution >= 0.6 is 0 Å². The lowest BCUT2D eigenvalue weighted by Crippen LogP contribution is -2.00. The van der Waals surface area contributed by atoms with Gasteiger partial charge in [0.25, 0.3) is 0 Å². The van der Waals surface area contributed by atoms with Gasteiger partial charge in [-0.25, -0.2) is 0 Å². The van der Waals surface area contributed by atoms with Crippen molar-refractivity contribution in [2.75, 3.05) is 0 Å². The molecule has 0 heterocycles. The van der Waals surface area contributed by atoms with Crippen molar-refractivity contribution in [1.82, 2.24) is 0 Å². The van der Waals surface area contributed by atoms with E-state index in [2.05, 4.69) is 6.92 Å². The lowest BCUT2D eigenvalue weighted by atomic mass is 10.3. The molecule has 0 aliphatic carbocycles. The van der Waals surface area contributed by atoms with E-state index in [0.717, 1.165) is 6.42 Å². The first-order valence-electron chi connectivity index (χ1n) is 2.91. The van der Waals surface area contributed by atoms with Gasteiger partial charge < -0.3 is 4.74 Å². The van der Waals surface area contributed by atoms with Crippen LogP contribution in [0.5, 0.6) is 0 Å². The minimum Gasteiger partial charge on any atom is -0.498 e. The Hall–Kier alpha value is -0.460. The Morgan fingerprint density at radius 2 is 2.38 bits per heavy atom. The molecule has 1 heteroatoms. The molecule has 1 nitrogen and oxygen atoms in total. The average Bonchev–Trinajstić information content (AvgIpc) is 1.83. The standard InChI is InChI=1S/C7H13O/c1-4-6-8-7(3)5-2/h4,6-7H,3,5H2,1-2H3. The van der Waals surface area contributed by atoms with Crippen LogP contribution in [-0.4, -0.2) is 6.10 Å². The smallest absolute Gasteiger partial charge is 0.0977 e. The average molecular weight is 113 g/mol. The van der Waals surface area contributed by atoms with Gasteiger partial charge in [-0.3, -0.25) is 0 Å². The predicted octanol–water partition coefficient (Wildman–Crippen LogP) is 2.15. The zero-order valence-corrected chi connectivity index (χ0v) is 5.55. The van der Waals surface area contributed by atoms with Gasteiger partial charge in [0.05, 0.1) is 12.4 Å². The fourth-order valence-electron chi connectivity index (χ4n) is 0.286. The number of hydrogen-bond acceptors (Lipinski definition) is 1. The van der Waals surface area contributed by atoms with Crippen LogP contribution in [0.3, 0.4) is 0 Å². The summed E-state index contributed by atoms with van der Waals surface area (Å²) in [6.07, 6.45) is 4.60. The molecule has 0 aromatic heterocycles. The van der Waals surface area contributed by atoms with E-state index in [9.17, 15) is 0 Å². The quantitative estimate of drug-likeness (QED) is 0.509. The van der Waals surface area contributed by atoms with Crippen molar-refractivity contribution >= 4 is 0 Å². The van der Waals surface area contributed by atoms with Gasteiger partial charge >= 0.3 is 0 Å². The maximum absolute atomic E-state index is 5.05. The maximum Gasteiger partial charge on any atom is 0.0977 e. The molecular weight excluding hydrogens is 100 g/mol. The highest BCUT2D eigenvalue weighted by molar-refractivity contribution is 4.69. The highest BCUT2D eigenvalue weighted by atomic mass is 16.5. The molecule has 0 aromatic carbocycles. The Morgan fingerprint density at radius 1 is 1.75 bits per heavy atom. The number of rotatable bonds is 3. The van der Waals surface area contributed by atoms with Gasteiger partial charge in [0.1, 0.15) is 0 Å². The topological polar surface area (TPSA) is 9.23 Å². The number of hydrogen-bond donors (Lipinski definition) is 0. The summed E-state index contributed by atoms with van der Waals surface area (Å²) >= 11 is 0. The highest BCUT2D eigenvalue weighted by Crippen LogP contribution is 1.94. The fourth-order valence-corrected chi connectivity index (χ4v) is 0.286. The van der Waals surface area contributed by atoms with E-state index in [1.807, 2.05) is 19.9 Å². The van der Waals surface area contributed by atoms with Crippen LogP contribution in [0.2, 0.25) is 0 Å². The molecule has 0 bridgehead atoms. The van der Waals surface area contributed by atoms with E-state index < -0.39 is 0 Å². The molecule has 0 aliphatic rings. The Balaban J connectivity index is 3.10. The van der Waals surface area contributed by atoms with E-state index >= 15 is 0 Å². The first-order chi connectivity index (χ1) is 3.81. The van der Waals surface area contributed by atoms with Crippen molar-refractivity contribution in [1.29, 1.82) is 0 Å². The van der Waals surface area contributed by atoms with Crippen LogP contribution in [-0.2, 0) is 4.74 Å². The van der Waals surface area contributed by atoms with Gasteiger partial charge in [-0.05, 0) is 20.3 Å². The van der Waals surface area contributed by atoms with Gasteiger partial charge in [0.15, 0.2) is 0 Å². The largest absolute Gasteiger partial charge is 0.498 e. The summed E-state index contributed by atoms with van der Waals surface area (Å²) in [5.41, 5.74) is 0. The summed E-state index contributed by atoms with van der Waals surface area (Å²) in [6, 6.07) is 0. The summed E-state index contributed by atoms with van der Waals surface area (Å²) in [6.45, 7) is 7.68. The number of allylic oxidation sites excluding steroid dienone is 1. The van der Waals surface area contributed by atoms with Gasteiger partial charge in [0.2, 0.25) is 0 Å². The van der Waals surface area contributed by atoms with Crippen molar-refractivity contribution in [2.45, 2.75) is 26.4 Å². The van der Waals surface area contributed by atoms with Crippen molar-refractivity contribution in [3.8, 4) is 0 Å². The second-order valence-electron chi connectivity index (χ2n) is 1.64. The molecule has 8 heavy (non-hydrogen) atoms. The Morgan fingerprint density at radius 3 is 2.75 bits per heavy atom. The van der Waals surface area contributed by atoms with E-state index in [1.54, 1.807) is 6.26 Å². The zero-order chi connectivity index (χ0) is 6.41. The van der Waals surface area contributed by atoms with Gasteiger partial charge in [-0.2, -0.15) is 0 Å². The molecule has 0 spiro atoms. The minimum absolute atomic E-state index is 0.117. The molecule has 0 N–H and O–H groups in total. The third-order valence-electron chi connectivity index (χ3n) is 0.862. The molecule has 0 saturated carbocycles. The van der Waals surface area contributed by atoms with Crippen molar-refractivity contribution in [3.63, 3.8) is 0 Å². The molecule has 0 saturated heterocycles. The Labute approximate surface area is 51.4 Å². The third-order valence-corrected chi connectivity index (χ3v) is 0.862. The Bertz CT molecular complexity index is 66.8. The van der Waals surface area contributed by atoms with E-state index in [1.165, 1.54) is 0 Å². The van der Waals surface area contributed by atoms with E-state index in [-0.39, 0.29) is 6.10 Å². The van der Waals surface area contributed by atoms with Crippen molar-refractivity contribution < 1.29 is 4.74 Å². The molecule has 0 rings (SSSR count). The second-order valence-corrected chi connectivity index (χ2v) is 1.64. The summed E-state index contributed by atoms with van der Waals surface area (Å²) in [5, 5.41) is 0.